The zero-order chi connectivity index (χ0) is 20.1. The van der Waals surface area contributed by atoms with Crippen LogP contribution in [0, 0.1) is 11.7 Å². The number of carbonyl (C=O) groups excluding carboxylic acids is 3. The molecule has 7 heteroatoms. The summed E-state index contributed by atoms with van der Waals surface area (Å²) >= 11 is 0. The quantitative estimate of drug-likeness (QED) is 0.756. The number of nitrogens with zero attached hydrogens (tertiary/aromatic N) is 1. The molecule has 0 unspecified atom stereocenters. The lowest BCUT2D eigenvalue weighted by Crippen LogP contribution is -2.29. The second-order valence-electron chi connectivity index (χ2n) is 6.42. The van der Waals surface area contributed by atoms with Gasteiger partial charge in [0.2, 0.25) is 11.8 Å². The summed E-state index contributed by atoms with van der Waals surface area (Å²) in [6, 6.07) is 12.2. The molecule has 0 spiro atoms. The molecule has 1 atom stereocenters. The van der Waals surface area contributed by atoms with Crippen molar-refractivity contribution < 1.29 is 18.8 Å². The summed E-state index contributed by atoms with van der Waals surface area (Å²) in [6.45, 7) is 4.06. The van der Waals surface area contributed by atoms with Crippen molar-refractivity contribution in [1.29, 1.82) is 0 Å². The van der Waals surface area contributed by atoms with Crippen LogP contribution in [0.1, 0.15) is 16.8 Å². The number of hydrogen-bond donors (Lipinski definition) is 2. The lowest BCUT2D eigenvalue weighted by molar-refractivity contribution is -0.122. The molecule has 0 saturated carbocycles. The molecule has 1 heterocycles. The average molecular weight is 381 g/mol. The van der Waals surface area contributed by atoms with Crippen LogP contribution in [-0.4, -0.2) is 30.8 Å². The van der Waals surface area contributed by atoms with E-state index >= 15 is 0 Å². The number of rotatable bonds is 6. The third-order valence-electron chi connectivity index (χ3n) is 4.47. The van der Waals surface area contributed by atoms with E-state index in [9.17, 15) is 18.8 Å². The highest BCUT2D eigenvalue weighted by Crippen LogP contribution is 2.26. The molecular formula is C21H20FN3O3. The Morgan fingerprint density at radius 1 is 1.18 bits per heavy atom. The Balaban J connectivity index is 1.70. The molecule has 1 fully saturated rings. The maximum absolute atomic E-state index is 13.1. The van der Waals surface area contributed by atoms with Gasteiger partial charge < -0.3 is 15.5 Å². The fourth-order valence-electron chi connectivity index (χ4n) is 3.04. The molecule has 2 aromatic carbocycles. The van der Waals surface area contributed by atoms with Crippen LogP contribution in [0.15, 0.2) is 61.2 Å². The van der Waals surface area contributed by atoms with Crippen molar-refractivity contribution in [3.8, 4) is 0 Å². The van der Waals surface area contributed by atoms with Gasteiger partial charge >= 0.3 is 0 Å². The first-order valence-electron chi connectivity index (χ1n) is 8.84. The zero-order valence-corrected chi connectivity index (χ0v) is 15.2. The van der Waals surface area contributed by atoms with Gasteiger partial charge in [0.15, 0.2) is 0 Å². The Hall–Kier alpha value is -3.48. The lowest BCUT2D eigenvalue weighted by atomic mass is 10.1. The summed E-state index contributed by atoms with van der Waals surface area (Å²) in [4.78, 5) is 38.7. The first kappa shape index (κ1) is 19.3. The minimum absolute atomic E-state index is 0.0496. The molecule has 3 rings (SSSR count). The molecule has 6 nitrogen and oxygen atoms in total. The lowest BCUT2D eigenvalue weighted by Gasteiger charge is -2.17. The molecule has 0 bridgehead atoms. The maximum Gasteiger partial charge on any atom is 0.253 e. The summed E-state index contributed by atoms with van der Waals surface area (Å²) in [5.41, 5.74) is 1.25. The number of hydrogen-bond acceptors (Lipinski definition) is 3. The Morgan fingerprint density at radius 3 is 2.61 bits per heavy atom. The third kappa shape index (κ3) is 4.25. The van der Waals surface area contributed by atoms with Gasteiger partial charge in [0, 0.05) is 25.2 Å². The van der Waals surface area contributed by atoms with Crippen molar-refractivity contribution in [2.75, 3.05) is 23.3 Å². The van der Waals surface area contributed by atoms with Crippen molar-refractivity contribution in [1.82, 2.24) is 5.32 Å². The number of halogens is 1. The van der Waals surface area contributed by atoms with E-state index in [1.54, 1.807) is 30.3 Å². The molecule has 144 valence electrons. The van der Waals surface area contributed by atoms with Crippen LogP contribution in [0.5, 0.6) is 0 Å². The minimum Gasteiger partial charge on any atom is -0.349 e. The number of para-hydroxylation sites is 1. The van der Waals surface area contributed by atoms with E-state index in [1.165, 1.54) is 29.2 Å². The largest absolute Gasteiger partial charge is 0.349 e. The van der Waals surface area contributed by atoms with Crippen LogP contribution in [-0.2, 0) is 9.59 Å². The van der Waals surface area contributed by atoms with Gasteiger partial charge in [-0.3, -0.25) is 14.4 Å². The topological polar surface area (TPSA) is 78.5 Å². The number of amides is 3. The highest BCUT2D eigenvalue weighted by Gasteiger charge is 2.35. The summed E-state index contributed by atoms with van der Waals surface area (Å²) in [6.07, 6.45) is 1.61. The van der Waals surface area contributed by atoms with Crippen molar-refractivity contribution in [3.05, 3.63) is 72.6 Å². The minimum atomic E-state index is -0.568. The van der Waals surface area contributed by atoms with Crippen LogP contribution in [0.4, 0.5) is 15.8 Å². The SMILES string of the molecule is C=CCNC(=O)c1ccccc1NC(=O)[C@@H]1CC(=O)N(c2ccc(F)cc2)C1. The molecule has 1 aliphatic heterocycles. The molecule has 0 aromatic heterocycles. The Morgan fingerprint density at radius 2 is 1.89 bits per heavy atom. The van der Waals surface area contributed by atoms with E-state index in [1.807, 2.05) is 0 Å². The molecular weight excluding hydrogens is 361 g/mol. The fraction of sp³-hybridized carbons (Fsp3) is 0.190. The second-order valence-corrected chi connectivity index (χ2v) is 6.42. The van der Waals surface area contributed by atoms with E-state index in [0.29, 0.717) is 23.5 Å². The number of benzene rings is 2. The molecule has 28 heavy (non-hydrogen) atoms. The van der Waals surface area contributed by atoms with E-state index in [0.717, 1.165) is 0 Å². The van der Waals surface area contributed by atoms with Gasteiger partial charge in [-0.25, -0.2) is 4.39 Å². The Labute approximate surface area is 162 Å². The van der Waals surface area contributed by atoms with Crippen molar-refractivity contribution in [3.63, 3.8) is 0 Å². The van der Waals surface area contributed by atoms with E-state index in [-0.39, 0.29) is 30.7 Å². The van der Waals surface area contributed by atoms with Gasteiger partial charge in [-0.15, -0.1) is 6.58 Å². The number of carbonyl (C=O) groups is 3. The fourth-order valence-corrected chi connectivity index (χ4v) is 3.04. The van der Waals surface area contributed by atoms with Gasteiger partial charge in [-0.1, -0.05) is 18.2 Å². The molecule has 1 aliphatic rings. The smallest absolute Gasteiger partial charge is 0.253 e. The summed E-state index contributed by atoms with van der Waals surface area (Å²) < 4.78 is 13.1. The van der Waals surface area contributed by atoms with Crippen LogP contribution in [0.2, 0.25) is 0 Å². The molecule has 2 N–H and O–H groups in total. The predicted octanol–water partition coefficient (Wildman–Crippen LogP) is 2.73. The van der Waals surface area contributed by atoms with Gasteiger partial charge in [0.05, 0.1) is 17.2 Å². The van der Waals surface area contributed by atoms with Gasteiger partial charge in [-0.05, 0) is 36.4 Å². The normalized spacial score (nSPS) is 16.0. The third-order valence-corrected chi connectivity index (χ3v) is 4.47. The summed E-state index contributed by atoms with van der Waals surface area (Å²) in [5.74, 6) is -1.84. The monoisotopic (exact) mass is 381 g/mol. The number of anilines is 2. The molecule has 1 saturated heterocycles. The van der Waals surface area contributed by atoms with Gasteiger partial charge in [0.1, 0.15) is 5.82 Å². The van der Waals surface area contributed by atoms with Gasteiger partial charge in [0.25, 0.3) is 5.91 Å². The summed E-state index contributed by atoms with van der Waals surface area (Å²) in [7, 11) is 0. The highest BCUT2D eigenvalue weighted by atomic mass is 19.1. The maximum atomic E-state index is 13.1. The van der Waals surface area contributed by atoms with Gasteiger partial charge in [-0.2, -0.15) is 0 Å². The molecule has 3 amide bonds. The van der Waals surface area contributed by atoms with Crippen LogP contribution >= 0.6 is 0 Å². The molecule has 0 radical (unpaired) electrons. The number of nitrogens with one attached hydrogen (secondary N) is 2. The Bertz CT molecular complexity index is 911. The highest BCUT2D eigenvalue weighted by molar-refractivity contribution is 6.07. The average Bonchev–Trinajstić information content (AvgIpc) is 3.09. The first-order chi connectivity index (χ1) is 13.5. The Kier molecular flexibility index (Phi) is 5.84. The van der Waals surface area contributed by atoms with E-state index < -0.39 is 11.7 Å². The standard InChI is InChI=1S/C21H20FN3O3/c1-2-11-23-21(28)17-5-3-4-6-18(17)24-20(27)14-12-19(26)25(13-14)16-9-7-15(22)8-10-16/h2-10,14H,1,11-13H2,(H,23,28)(H,24,27)/t14-/m1/s1. The predicted molar refractivity (Wildman–Crippen MR) is 104 cm³/mol. The first-order valence-corrected chi connectivity index (χ1v) is 8.84. The zero-order valence-electron chi connectivity index (χ0n) is 15.2. The molecule has 0 aliphatic carbocycles. The second kappa shape index (κ2) is 8.47. The van der Waals surface area contributed by atoms with Crippen molar-refractivity contribution in [2.45, 2.75) is 6.42 Å². The van der Waals surface area contributed by atoms with Crippen molar-refractivity contribution >= 4 is 29.1 Å². The van der Waals surface area contributed by atoms with Crippen LogP contribution in [0.3, 0.4) is 0 Å². The van der Waals surface area contributed by atoms with E-state index in [4.69, 9.17) is 0 Å². The van der Waals surface area contributed by atoms with Crippen molar-refractivity contribution in [2.24, 2.45) is 5.92 Å². The van der Waals surface area contributed by atoms with E-state index in [2.05, 4.69) is 17.2 Å². The molecule has 2 aromatic rings. The van der Waals surface area contributed by atoms with Crippen LogP contribution < -0.4 is 15.5 Å². The summed E-state index contributed by atoms with van der Waals surface area (Å²) in [5, 5.41) is 5.42. The van der Waals surface area contributed by atoms with Crippen LogP contribution in [0.25, 0.3) is 0 Å².